The Morgan fingerprint density at radius 2 is 1.50 bits per heavy atom. The summed E-state index contributed by atoms with van der Waals surface area (Å²) < 4.78 is 4.88. The average Bonchev–Trinajstić information content (AvgIpc) is 2.53. The Morgan fingerprint density at radius 1 is 1.00 bits per heavy atom. The van der Waals surface area contributed by atoms with Gasteiger partial charge in [0.15, 0.2) is 0 Å². The third-order valence-electron chi connectivity index (χ3n) is 5.13. The standard InChI is InChI=1S/C21H32O2Si/c1-16(2)24(17(3)4,18(5)6)14-13-20(15-21(22)23-7)19-11-9-8-10-12-19/h8-12,16-18,20H,15H2,1-7H3/t20-/m1/s1. The molecule has 0 heterocycles. The maximum Gasteiger partial charge on any atom is 0.307 e. The van der Waals surface area contributed by atoms with Crippen LogP contribution in [0.3, 0.4) is 0 Å². The van der Waals surface area contributed by atoms with Gasteiger partial charge in [-0.15, -0.1) is 11.5 Å². The third-order valence-corrected chi connectivity index (χ3v) is 11.4. The van der Waals surface area contributed by atoms with Gasteiger partial charge in [0.2, 0.25) is 0 Å². The second kappa shape index (κ2) is 9.08. The number of carbonyl (C=O) groups excluding carboxylic acids is 1. The summed E-state index contributed by atoms with van der Waals surface area (Å²) in [5.74, 6) is 3.20. The van der Waals surface area contributed by atoms with Crippen molar-refractivity contribution in [2.24, 2.45) is 0 Å². The molecule has 0 bridgehead atoms. The van der Waals surface area contributed by atoms with Crippen LogP contribution in [-0.4, -0.2) is 21.2 Å². The molecule has 0 unspecified atom stereocenters. The van der Waals surface area contributed by atoms with Gasteiger partial charge in [-0.05, 0) is 22.2 Å². The lowest BCUT2D eigenvalue weighted by molar-refractivity contribution is -0.140. The molecular weight excluding hydrogens is 312 g/mol. The highest BCUT2D eigenvalue weighted by atomic mass is 28.3. The zero-order valence-corrected chi connectivity index (χ0v) is 17.2. The van der Waals surface area contributed by atoms with E-state index in [1.165, 1.54) is 7.11 Å². The Hall–Kier alpha value is -1.53. The lowest BCUT2D eigenvalue weighted by atomic mass is 9.97. The van der Waals surface area contributed by atoms with Crippen molar-refractivity contribution in [3.63, 3.8) is 0 Å². The summed E-state index contributed by atoms with van der Waals surface area (Å²) in [7, 11) is -0.360. The zero-order valence-electron chi connectivity index (χ0n) is 16.2. The van der Waals surface area contributed by atoms with Crippen LogP contribution in [-0.2, 0) is 9.53 Å². The molecule has 0 fully saturated rings. The number of hydrogen-bond acceptors (Lipinski definition) is 2. The van der Waals surface area contributed by atoms with Crippen LogP contribution in [0.25, 0.3) is 0 Å². The molecule has 1 aromatic rings. The molecule has 0 aliphatic rings. The van der Waals surface area contributed by atoms with Gasteiger partial charge in [0.25, 0.3) is 0 Å². The number of esters is 1. The number of rotatable bonds is 6. The van der Waals surface area contributed by atoms with Gasteiger partial charge in [-0.1, -0.05) is 71.9 Å². The summed E-state index contributed by atoms with van der Waals surface area (Å²) in [6, 6.07) is 10.1. The number of carbonyl (C=O) groups is 1. The first kappa shape index (κ1) is 20.5. The van der Waals surface area contributed by atoms with E-state index >= 15 is 0 Å². The Bertz CT molecular complexity index is 557. The van der Waals surface area contributed by atoms with Crippen molar-refractivity contribution in [1.29, 1.82) is 0 Å². The Kier molecular flexibility index (Phi) is 7.76. The second-order valence-corrected chi connectivity index (χ2v) is 13.0. The van der Waals surface area contributed by atoms with Gasteiger partial charge in [-0.3, -0.25) is 4.79 Å². The van der Waals surface area contributed by atoms with Gasteiger partial charge in [0, 0.05) is 0 Å². The largest absolute Gasteiger partial charge is 0.469 e. The van der Waals surface area contributed by atoms with Crippen molar-refractivity contribution in [2.45, 2.75) is 70.5 Å². The van der Waals surface area contributed by atoms with E-state index < -0.39 is 8.07 Å². The first-order chi connectivity index (χ1) is 11.3. The van der Waals surface area contributed by atoms with E-state index in [2.05, 4.69) is 53.0 Å². The molecule has 0 saturated heterocycles. The van der Waals surface area contributed by atoms with Crippen molar-refractivity contribution < 1.29 is 9.53 Å². The summed E-state index contributed by atoms with van der Waals surface area (Å²) in [4.78, 5) is 11.8. The molecular formula is C21H32O2Si. The highest BCUT2D eigenvalue weighted by Gasteiger charge is 2.41. The summed E-state index contributed by atoms with van der Waals surface area (Å²) in [5, 5.41) is 0. The smallest absolute Gasteiger partial charge is 0.307 e. The predicted octanol–water partition coefficient (Wildman–Crippen LogP) is 5.55. The molecule has 132 valence electrons. The fourth-order valence-corrected chi connectivity index (χ4v) is 9.12. The fraction of sp³-hybridized carbons (Fsp3) is 0.571. The number of hydrogen-bond donors (Lipinski definition) is 0. The molecule has 24 heavy (non-hydrogen) atoms. The molecule has 0 saturated carbocycles. The van der Waals surface area contributed by atoms with E-state index in [0.29, 0.717) is 23.0 Å². The molecule has 0 spiro atoms. The predicted molar refractivity (Wildman–Crippen MR) is 105 cm³/mol. The monoisotopic (exact) mass is 344 g/mol. The van der Waals surface area contributed by atoms with Crippen molar-refractivity contribution in [2.75, 3.05) is 7.11 Å². The highest BCUT2D eigenvalue weighted by Crippen LogP contribution is 2.41. The lowest BCUT2D eigenvalue weighted by Crippen LogP contribution is -2.43. The van der Waals surface area contributed by atoms with Crippen LogP contribution in [0.1, 0.15) is 59.4 Å². The molecule has 0 aliphatic heterocycles. The van der Waals surface area contributed by atoms with Crippen LogP contribution in [0.15, 0.2) is 30.3 Å². The number of methoxy groups -OCH3 is 1. The van der Waals surface area contributed by atoms with Crippen LogP contribution < -0.4 is 0 Å². The van der Waals surface area contributed by atoms with E-state index in [1.807, 2.05) is 30.3 Å². The third kappa shape index (κ3) is 4.74. The average molecular weight is 345 g/mol. The Balaban J connectivity index is 3.31. The van der Waals surface area contributed by atoms with E-state index in [4.69, 9.17) is 4.74 Å². The maximum absolute atomic E-state index is 11.8. The van der Waals surface area contributed by atoms with Gasteiger partial charge in [-0.25, -0.2) is 0 Å². The minimum absolute atomic E-state index is 0.0956. The highest BCUT2D eigenvalue weighted by molar-refractivity contribution is 6.90. The second-order valence-electron chi connectivity index (χ2n) is 7.41. The van der Waals surface area contributed by atoms with Crippen LogP contribution >= 0.6 is 0 Å². The van der Waals surface area contributed by atoms with E-state index in [9.17, 15) is 4.79 Å². The summed E-state index contributed by atoms with van der Waals surface area (Å²) in [6.07, 6.45) is 0.312. The van der Waals surface area contributed by atoms with Crippen molar-refractivity contribution >= 4 is 14.0 Å². The van der Waals surface area contributed by atoms with Gasteiger partial charge >= 0.3 is 5.97 Å². The van der Waals surface area contributed by atoms with Gasteiger partial charge < -0.3 is 4.74 Å². The molecule has 3 heteroatoms. The lowest BCUT2D eigenvalue weighted by Gasteiger charge is -2.38. The van der Waals surface area contributed by atoms with E-state index in [1.54, 1.807) is 0 Å². The SMILES string of the molecule is COC(=O)C[C@@H](C#C[Si](C(C)C)(C(C)C)C(C)C)c1ccccc1. The molecule has 1 rings (SSSR count). The van der Waals surface area contributed by atoms with E-state index in [-0.39, 0.29) is 11.9 Å². The van der Waals surface area contributed by atoms with Gasteiger partial charge in [-0.2, -0.15) is 0 Å². The fourth-order valence-electron chi connectivity index (χ4n) is 3.83. The molecule has 2 nitrogen and oxygen atoms in total. The molecule has 1 atom stereocenters. The minimum Gasteiger partial charge on any atom is -0.469 e. The maximum atomic E-state index is 11.8. The van der Waals surface area contributed by atoms with Crippen LogP contribution in [0.2, 0.25) is 16.6 Å². The van der Waals surface area contributed by atoms with E-state index in [0.717, 1.165) is 5.56 Å². The molecule has 0 aliphatic carbocycles. The Morgan fingerprint density at radius 3 is 1.92 bits per heavy atom. The summed E-state index contributed by atoms with van der Waals surface area (Å²) in [5.41, 5.74) is 6.58. The number of ether oxygens (including phenoxy) is 1. The van der Waals surface area contributed by atoms with Crippen molar-refractivity contribution in [3.8, 4) is 11.5 Å². The molecule has 0 radical (unpaired) electrons. The van der Waals surface area contributed by atoms with Crippen molar-refractivity contribution in [3.05, 3.63) is 35.9 Å². The minimum atomic E-state index is -1.80. The molecule has 1 aromatic carbocycles. The summed E-state index contributed by atoms with van der Waals surface area (Å²) >= 11 is 0. The molecule has 0 N–H and O–H groups in total. The first-order valence-corrected chi connectivity index (χ1v) is 11.1. The van der Waals surface area contributed by atoms with Crippen molar-refractivity contribution in [1.82, 2.24) is 0 Å². The number of benzene rings is 1. The normalized spacial score (nSPS) is 12.9. The van der Waals surface area contributed by atoms with Gasteiger partial charge in [0.05, 0.1) is 19.4 Å². The zero-order chi connectivity index (χ0) is 18.3. The Labute approximate surface area is 149 Å². The molecule has 0 aromatic heterocycles. The van der Waals surface area contributed by atoms with Crippen LogP contribution in [0, 0.1) is 11.5 Å². The van der Waals surface area contributed by atoms with Gasteiger partial charge in [0.1, 0.15) is 8.07 Å². The van der Waals surface area contributed by atoms with Crippen LogP contribution in [0.5, 0.6) is 0 Å². The van der Waals surface area contributed by atoms with Crippen LogP contribution in [0.4, 0.5) is 0 Å². The first-order valence-electron chi connectivity index (χ1n) is 8.90. The summed E-state index contributed by atoms with van der Waals surface area (Å²) in [6.45, 7) is 13.8. The molecule has 0 amide bonds. The topological polar surface area (TPSA) is 26.3 Å². The quantitative estimate of drug-likeness (QED) is 0.384.